The van der Waals surface area contributed by atoms with Crippen molar-refractivity contribution in [3.05, 3.63) is 24.2 Å². The molecule has 1 aliphatic heterocycles. The summed E-state index contributed by atoms with van der Waals surface area (Å²) >= 11 is 0. The van der Waals surface area contributed by atoms with Gasteiger partial charge in [0, 0.05) is 6.42 Å². The molecule has 5 heteroatoms. The van der Waals surface area contributed by atoms with Gasteiger partial charge < -0.3 is 9.52 Å². The molecule has 0 amide bonds. The summed E-state index contributed by atoms with van der Waals surface area (Å²) in [6.07, 6.45) is 4.49. The minimum absolute atomic E-state index is 0.134. The van der Waals surface area contributed by atoms with E-state index >= 15 is 0 Å². The molecule has 0 spiro atoms. The molecule has 1 atom stereocenters. The lowest BCUT2D eigenvalue weighted by atomic mass is 9.93. The zero-order valence-corrected chi connectivity index (χ0v) is 9.16. The van der Waals surface area contributed by atoms with Crippen LogP contribution < -0.4 is 0 Å². The lowest BCUT2D eigenvalue weighted by molar-refractivity contribution is 0.0501. The first-order valence-electron chi connectivity index (χ1n) is 4.93. The predicted octanol–water partition coefficient (Wildman–Crippen LogP) is 0.762. The van der Waals surface area contributed by atoms with E-state index in [0.29, 0.717) is 19.3 Å². The maximum atomic E-state index is 11.4. The van der Waals surface area contributed by atoms with Gasteiger partial charge in [-0.25, -0.2) is 8.42 Å². The van der Waals surface area contributed by atoms with Gasteiger partial charge >= 0.3 is 0 Å². The number of rotatable bonds is 2. The quantitative estimate of drug-likeness (QED) is 0.814. The second-order valence-corrected chi connectivity index (χ2v) is 6.41. The van der Waals surface area contributed by atoms with Crippen LogP contribution in [-0.2, 0) is 16.3 Å². The van der Waals surface area contributed by atoms with Gasteiger partial charge in [0.25, 0.3) is 0 Å². The molecule has 1 aromatic heterocycles. The number of hydrogen-bond donors (Lipinski definition) is 1. The van der Waals surface area contributed by atoms with E-state index in [1.807, 2.05) is 0 Å². The van der Waals surface area contributed by atoms with Crippen LogP contribution in [0, 0.1) is 0 Å². The van der Waals surface area contributed by atoms with E-state index in [-0.39, 0.29) is 11.5 Å². The molecule has 0 aromatic carbocycles. The molecule has 0 radical (unpaired) electrons. The van der Waals surface area contributed by atoms with Gasteiger partial charge in [-0.1, -0.05) is 0 Å². The minimum atomic E-state index is -3.07. The van der Waals surface area contributed by atoms with E-state index in [2.05, 4.69) is 0 Å². The Hall–Kier alpha value is -0.810. The first kappa shape index (κ1) is 10.7. The van der Waals surface area contributed by atoms with E-state index in [0.717, 1.165) is 5.56 Å². The average Bonchev–Trinajstić information content (AvgIpc) is 2.52. The number of furan rings is 1. The normalized spacial score (nSPS) is 30.2. The fourth-order valence-electron chi connectivity index (χ4n) is 2.09. The molecule has 0 aliphatic carbocycles. The fourth-order valence-corrected chi connectivity index (χ4v) is 3.88. The Bertz CT molecular complexity index is 420. The van der Waals surface area contributed by atoms with Crippen molar-refractivity contribution in [2.45, 2.75) is 24.9 Å². The molecular formula is C10H14O4S. The van der Waals surface area contributed by atoms with Gasteiger partial charge in [0.2, 0.25) is 0 Å². The molecule has 1 N–H and O–H groups in total. The third-order valence-electron chi connectivity index (χ3n) is 2.70. The molecule has 1 aliphatic rings. The molecule has 0 bridgehead atoms. The Morgan fingerprint density at radius 1 is 1.53 bits per heavy atom. The molecule has 15 heavy (non-hydrogen) atoms. The summed E-state index contributed by atoms with van der Waals surface area (Å²) in [5.74, 6) is 0.0614. The second kappa shape index (κ2) is 3.64. The summed E-state index contributed by atoms with van der Waals surface area (Å²) in [6.45, 7) is 0. The van der Waals surface area contributed by atoms with Crippen LogP contribution in [0.5, 0.6) is 0 Å². The highest BCUT2D eigenvalue weighted by atomic mass is 32.2. The summed E-state index contributed by atoms with van der Waals surface area (Å²) in [5.41, 5.74) is -0.268. The molecule has 4 nitrogen and oxygen atoms in total. The van der Waals surface area contributed by atoms with Crippen LogP contribution >= 0.6 is 0 Å². The molecule has 2 heterocycles. The van der Waals surface area contributed by atoms with E-state index in [1.165, 1.54) is 6.26 Å². The van der Waals surface area contributed by atoms with Crippen molar-refractivity contribution in [3.8, 4) is 0 Å². The molecule has 1 fully saturated rings. The fraction of sp³-hybridized carbons (Fsp3) is 0.600. The molecule has 0 saturated carbocycles. The first-order valence-corrected chi connectivity index (χ1v) is 6.75. The Labute approximate surface area is 88.8 Å². The van der Waals surface area contributed by atoms with E-state index < -0.39 is 15.4 Å². The predicted molar refractivity (Wildman–Crippen MR) is 55.2 cm³/mol. The molecule has 1 aromatic rings. The van der Waals surface area contributed by atoms with Crippen molar-refractivity contribution in [3.63, 3.8) is 0 Å². The van der Waals surface area contributed by atoms with E-state index in [4.69, 9.17) is 4.42 Å². The molecule has 1 unspecified atom stereocenters. The maximum Gasteiger partial charge on any atom is 0.153 e. The Morgan fingerprint density at radius 3 is 2.93 bits per heavy atom. The van der Waals surface area contributed by atoms with Crippen molar-refractivity contribution in [1.82, 2.24) is 0 Å². The number of aliphatic hydroxyl groups is 1. The molecule has 2 rings (SSSR count). The van der Waals surface area contributed by atoms with Crippen LogP contribution in [0.25, 0.3) is 0 Å². The zero-order valence-electron chi connectivity index (χ0n) is 8.35. The summed E-state index contributed by atoms with van der Waals surface area (Å²) in [5, 5.41) is 10.2. The van der Waals surface area contributed by atoms with Crippen molar-refractivity contribution >= 4 is 9.84 Å². The van der Waals surface area contributed by atoms with Gasteiger partial charge in [-0.05, 0) is 24.5 Å². The topological polar surface area (TPSA) is 67.5 Å². The standard InChI is InChI=1S/C10H14O4S/c11-10(6-9-2-4-14-7-9)3-1-5-15(12,13)8-10/h2,4,7,11H,1,3,5-6,8H2. The average molecular weight is 230 g/mol. The Balaban J connectivity index is 2.13. The zero-order chi connectivity index (χ0) is 10.9. The highest BCUT2D eigenvalue weighted by Crippen LogP contribution is 2.26. The van der Waals surface area contributed by atoms with Crippen LogP contribution in [-0.4, -0.2) is 30.6 Å². The van der Waals surface area contributed by atoms with Gasteiger partial charge in [0.1, 0.15) is 0 Å². The SMILES string of the molecule is O=S1(=O)CCCC(O)(Cc2ccoc2)C1. The van der Waals surface area contributed by atoms with Gasteiger partial charge in [0.05, 0.1) is 29.6 Å². The van der Waals surface area contributed by atoms with Crippen molar-refractivity contribution in [2.24, 2.45) is 0 Å². The summed E-state index contributed by atoms with van der Waals surface area (Å²) in [6, 6.07) is 1.75. The Kier molecular flexibility index (Phi) is 2.60. The lowest BCUT2D eigenvalue weighted by Gasteiger charge is -2.31. The minimum Gasteiger partial charge on any atom is -0.472 e. The van der Waals surface area contributed by atoms with Gasteiger partial charge in [0.15, 0.2) is 9.84 Å². The largest absolute Gasteiger partial charge is 0.472 e. The van der Waals surface area contributed by atoms with E-state index in [9.17, 15) is 13.5 Å². The first-order chi connectivity index (χ1) is 6.99. The molecule has 1 saturated heterocycles. The second-order valence-electron chi connectivity index (χ2n) is 4.23. The van der Waals surface area contributed by atoms with Crippen molar-refractivity contribution in [1.29, 1.82) is 0 Å². The summed E-state index contributed by atoms with van der Waals surface area (Å²) in [7, 11) is -3.07. The highest BCUT2D eigenvalue weighted by Gasteiger charge is 2.37. The summed E-state index contributed by atoms with van der Waals surface area (Å²) in [4.78, 5) is 0. The maximum absolute atomic E-state index is 11.4. The van der Waals surface area contributed by atoms with Gasteiger partial charge in [-0.3, -0.25) is 0 Å². The number of sulfone groups is 1. The van der Waals surface area contributed by atoms with Crippen molar-refractivity contribution in [2.75, 3.05) is 11.5 Å². The number of hydrogen-bond acceptors (Lipinski definition) is 4. The van der Waals surface area contributed by atoms with Gasteiger partial charge in [-0.15, -0.1) is 0 Å². The van der Waals surface area contributed by atoms with Crippen molar-refractivity contribution < 1.29 is 17.9 Å². The highest BCUT2D eigenvalue weighted by molar-refractivity contribution is 7.91. The third-order valence-corrected chi connectivity index (χ3v) is 4.59. The molecule has 84 valence electrons. The van der Waals surface area contributed by atoms with Crippen LogP contribution in [0.4, 0.5) is 0 Å². The van der Waals surface area contributed by atoms with E-state index in [1.54, 1.807) is 12.3 Å². The van der Waals surface area contributed by atoms with Crippen LogP contribution in [0.2, 0.25) is 0 Å². The lowest BCUT2D eigenvalue weighted by Crippen LogP contribution is -2.44. The smallest absolute Gasteiger partial charge is 0.153 e. The van der Waals surface area contributed by atoms with Crippen LogP contribution in [0.3, 0.4) is 0 Å². The third kappa shape index (κ3) is 2.60. The molecular weight excluding hydrogens is 216 g/mol. The van der Waals surface area contributed by atoms with Gasteiger partial charge in [-0.2, -0.15) is 0 Å². The summed E-state index contributed by atoms with van der Waals surface area (Å²) < 4.78 is 27.7. The Morgan fingerprint density at radius 2 is 2.33 bits per heavy atom. The van der Waals surface area contributed by atoms with Crippen LogP contribution in [0.1, 0.15) is 18.4 Å². The monoisotopic (exact) mass is 230 g/mol. The van der Waals surface area contributed by atoms with Crippen LogP contribution in [0.15, 0.2) is 23.0 Å².